The molecule has 1 atom stereocenters. The average molecular weight is 693 g/mol. The second kappa shape index (κ2) is 15.4. The molecule has 0 aromatic heterocycles. The van der Waals surface area contributed by atoms with Crippen molar-refractivity contribution < 1.29 is 18.0 Å². The van der Waals surface area contributed by atoms with Crippen molar-refractivity contribution in [3.05, 3.63) is 129 Å². The van der Waals surface area contributed by atoms with Crippen molar-refractivity contribution in [3.63, 3.8) is 0 Å². The smallest absolute Gasteiger partial charge is 0.264 e. The van der Waals surface area contributed by atoms with Gasteiger partial charge in [0.1, 0.15) is 12.6 Å². The molecule has 1 unspecified atom stereocenters. The molecule has 1 saturated carbocycles. The van der Waals surface area contributed by atoms with E-state index in [1.807, 2.05) is 50.2 Å². The summed E-state index contributed by atoms with van der Waals surface area (Å²) in [5, 5.41) is 3.98. The molecule has 1 aliphatic carbocycles. The number of halogens is 2. The molecule has 1 fully saturated rings. The fraction of sp³-hybridized carbons (Fsp3) is 0.297. The maximum atomic E-state index is 14.7. The number of anilines is 1. The zero-order valence-corrected chi connectivity index (χ0v) is 28.9. The second-order valence-electron chi connectivity index (χ2n) is 12.1. The first kappa shape index (κ1) is 34.5. The zero-order valence-electron chi connectivity index (χ0n) is 26.5. The summed E-state index contributed by atoms with van der Waals surface area (Å²) in [4.78, 5) is 30.3. The van der Waals surface area contributed by atoms with Gasteiger partial charge in [-0.05, 0) is 73.7 Å². The highest BCUT2D eigenvalue weighted by Crippen LogP contribution is 2.30. The lowest BCUT2D eigenvalue weighted by Crippen LogP contribution is -2.54. The topological polar surface area (TPSA) is 86.8 Å². The van der Waals surface area contributed by atoms with Crippen LogP contribution in [0.1, 0.15) is 47.9 Å². The van der Waals surface area contributed by atoms with Crippen LogP contribution >= 0.6 is 23.2 Å². The van der Waals surface area contributed by atoms with E-state index in [2.05, 4.69) is 5.32 Å². The second-order valence-corrected chi connectivity index (χ2v) is 14.7. The van der Waals surface area contributed by atoms with Gasteiger partial charge in [0.25, 0.3) is 10.0 Å². The van der Waals surface area contributed by atoms with E-state index < -0.39 is 28.5 Å². The lowest BCUT2D eigenvalue weighted by atomic mass is 10.0. The number of rotatable bonds is 12. The highest BCUT2D eigenvalue weighted by molar-refractivity contribution is 7.92. The van der Waals surface area contributed by atoms with E-state index in [-0.39, 0.29) is 35.5 Å². The maximum absolute atomic E-state index is 14.7. The number of amides is 2. The summed E-state index contributed by atoms with van der Waals surface area (Å²) in [6.07, 6.45) is 4.04. The standard InChI is InChI=1S/C37H39Cl2N3O4S/c1-26-16-20-32(21-17-26)47(45,46)42(31-19-18-27(2)34(39)23-31)25-36(43)41(24-29-12-6-9-15-33(29)38)35(22-28-10-4-3-5-11-28)37(44)40-30-13-7-8-14-30/h3-6,9-12,15-21,23,30,35H,7-8,13-14,22,24-25H2,1-2H3,(H,40,44). The predicted molar refractivity (Wildman–Crippen MR) is 188 cm³/mol. The highest BCUT2D eigenvalue weighted by atomic mass is 35.5. The number of hydrogen-bond acceptors (Lipinski definition) is 4. The van der Waals surface area contributed by atoms with Crippen molar-refractivity contribution in [1.82, 2.24) is 10.2 Å². The summed E-state index contributed by atoms with van der Waals surface area (Å²) in [7, 11) is -4.23. The van der Waals surface area contributed by atoms with Gasteiger partial charge in [-0.15, -0.1) is 0 Å². The Balaban J connectivity index is 1.58. The summed E-state index contributed by atoms with van der Waals surface area (Å²) in [6, 6.07) is 27.1. The van der Waals surface area contributed by atoms with Crippen molar-refractivity contribution >= 4 is 50.7 Å². The first-order valence-corrected chi connectivity index (χ1v) is 18.0. The highest BCUT2D eigenvalue weighted by Gasteiger charge is 2.36. The van der Waals surface area contributed by atoms with Crippen LogP contribution < -0.4 is 9.62 Å². The minimum atomic E-state index is -4.23. The van der Waals surface area contributed by atoms with Gasteiger partial charge in [-0.2, -0.15) is 0 Å². The molecule has 10 heteroatoms. The van der Waals surface area contributed by atoms with E-state index in [4.69, 9.17) is 23.2 Å². The minimum Gasteiger partial charge on any atom is -0.352 e. The normalized spacial score (nSPS) is 14.0. The predicted octanol–water partition coefficient (Wildman–Crippen LogP) is 7.50. The maximum Gasteiger partial charge on any atom is 0.264 e. The third-order valence-electron chi connectivity index (χ3n) is 8.60. The molecule has 0 radical (unpaired) electrons. The number of nitrogens with zero attached hydrogens (tertiary/aromatic N) is 2. The van der Waals surface area contributed by atoms with Crippen LogP contribution in [-0.2, 0) is 32.6 Å². The zero-order chi connectivity index (χ0) is 33.6. The Morgan fingerprint density at radius 3 is 2.17 bits per heavy atom. The molecule has 0 spiro atoms. The van der Waals surface area contributed by atoms with Crippen LogP contribution in [0.5, 0.6) is 0 Å². The van der Waals surface area contributed by atoms with Crippen LogP contribution in [0.25, 0.3) is 0 Å². The summed E-state index contributed by atoms with van der Waals surface area (Å²) in [5.41, 5.74) is 3.41. The lowest BCUT2D eigenvalue weighted by Gasteiger charge is -2.34. The lowest BCUT2D eigenvalue weighted by molar-refractivity contribution is -0.140. The fourth-order valence-corrected chi connectivity index (χ4v) is 7.61. The Kier molecular flexibility index (Phi) is 11.3. The Bertz CT molecular complexity index is 1810. The average Bonchev–Trinajstić information content (AvgIpc) is 3.57. The molecule has 5 rings (SSSR count). The van der Waals surface area contributed by atoms with Crippen LogP contribution in [-0.4, -0.2) is 43.8 Å². The molecule has 0 saturated heterocycles. The molecule has 0 aliphatic heterocycles. The first-order chi connectivity index (χ1) is 22.5. The molecule has 4 aromatic rings. The molecule has 1 aliphatic rings. The molecule has 246 valence electrons. The Morgan fingerprint density at radius 1 is 0.851 bits per heavy atom. The molecule has 0 bridgehead atoms. The van der Waals surface area contributed by atoms with Gasteiger partial charge in [0.15, 0.2) is 0 Å². The van der Waals surface area contributed by atoms with Gasteiger partial charge in [-0.25, -0.2) is 8.42 Å². The van der Waals surface area contributed by atoms with Crippen LogP contribution in [0, 0.1) is 13.8 Å². The van der Waals surface area contributed by atoms with E-state index in [0.29, 0.717) is 15.6 Å². The minimum absolute atomic E-state index is 0.00116. The van der Waals surface area contributed by atoms with Crippen LogP contribution in [0.4, 0.5) is 5.69 Å². The first-order valence-electron chi connectivity index (χ1n) is 15.8. The molecule has 2 amide bonds. The number of hydrogen-bond donors (Lipinski definition) is 1. The molecule has 47 heavy (non-hydrogen) atoms. The van der Waals surface area contributed by atoms with E-state index in [9.17, 15) is 18.0 Å². The van der Waals surface area contributed by atoms with Gasteiger partial charge in [0.2, 0.25) is 11.8 Å². The van der Waals surface area contributed by atoms with Gasteiger partial charge in [0, 0.05) is 29.1 Å². The Hall–Kier alpha value is -3.85. The summed E-state index contributed by atoms with van der Waals surface area (Å²) in [6.45, 7) is 3.12. The van der Waals surface area contributed by atoms with Crippen LogP contribution in [0.15, 0.2) is 102 Å². The number of benzene rings is 4. The molecule has 7 nitrogen and oxygen atoms in total. The van der Waals surface area contributed by atoms with Crippen molar-refractivity contribution in [2.45, 2.75) is 69.5 Å². The number of carbonyl (C=O) groups is 2. The quantitative estimate of drug-likeness (QED) is 0.167. The molecular formula is C37H39Cl2N3O4S. The van der Waals surface area contributed by atoms with Gasteiger partial charge < -0.3 is 10.2 Å². The van der Waals surface area contributed by atoms with Gasteiger partial charge in [-0.3, -0.25) is 13.9 Å². The molecule has 0 heterocycles. The number of nitrogens with one attached hydrogen (secondary N) is 1. The SMILES string of the molecule is Cc1ccc(S(=O)(=O)N(CC(=O)N(Cc2ccccc2Cl)C(Cc2ccccc2)C(=O)NC2CCCC2)c2ccc(C)c(Cl)c2)cc1. The van der Waals surface area contributed by atoms with Crippen LogP contribution in [0.3, 0.4) is 0 Å². The number of carbonyl (C=O) groups excluding carboxylic acids is 2. The molecule has 4 aromatic carbocycles. The van der Waals surface area contributed by atoms with Crippen molar-refractivity contribution in [2.75, 3.05) is 10.8 Å². The summed E-state index contributed by atoms with van der Waals surface area (Å²) < 4.78 is 29.6. The number of sulfonamides is 1. The van der Waals surface area contributed by atoms with E-state index in [1.165, 1.54) is 17.0 Å². The van der Waals surface area contributed by atoms with E-state index in [0.717, 1.165) is 46.7 Å². The van der Waals surface area contributed by atoms with Crippen molar-refractivity contribution in [3.8, 4) is 0 Å². The number of aryl methyl sites for hydroxylation is 2. The van der Waals surface area contributed by atoms with Crippen LogP contribution in [0.2, 0.25) is 10.0 Å². The van der Waals surface area contributed by atoms with Gasteiger partial charge in [-0.1, -0.05) is 108 Å². The summed E-state index contributed by atoms with van der Waals surface area (Å²) >= 11 is 13.1. The summed E-state index contributed by atoms with van der Waals surface area (Å²) in [5.74, 6) is -0.840. The third-order valence-corrected chi connectivity index (χ3v) is 11.2. The fourth-order valence-electron chi connectivity index (χ4n) is 5.83. The monoisotopic (exact) mass is 691 g/mol. The van der Waals surface area contributed by atoms with Crippen molar-refractivity contribution in [1.29, 1.82) is 0 Å². The molecular weight excluding hydrogens is 653 g/mol. The van der Waals surface area contributed by atoms with Gasteiger partial charge >= 0.3 is 0 Å². The van der Waals surface area contributed by atoms with Gasteiger partial charge in [0.05, 0.1) is 10.6 Å². The largest absolute Gasteiger partial charge is 0.352 e. The van der Waals surface area contributed by atoms with Crippen molar-refractivity contribution in [2.24, 2.45) is 0 Å². The molecule has 1 N–H and O–H groups in total. The Labute approximate surface area is 287 Å². The Morgan fingerprint density at radius 2 is 1.51 bits per heavy atom. The van der Waals surface area contributed by atoms with E-state index >= 15 is 0 Å². The van der Waals surface area contributed by atoms with E-state index in [1.54, 1.807) is 48.5 Å². The third kappa shape index (κ3) is 8.55.